The van der Waals surface area contributed by atoms with Crippen LogP contribution in [0.1, 0.15) is 79.5 Å². The van der Waals surface area contributed by atoms with Gasteiger partial charge in [-0.3, -0.25) is 9.47 Å². The van der Waals surface area contributed by atoms with Gasteiger partial charge in [0.2, 0.25) is 5.92 Å². The zero-order valence-electron chi connectivity index (χ0n) is 27.0. The number of nitrogens with zero attached hydrogens (tertiary/aromatic N) is 2. The molecule has 1 aliphatic heterocycles. The normalized spacial score (nSPS) is 19.2. The Morgan fingerprint density at radius 2 is 1.83 bits per heavy atom. The number of halogens is 4. The van der Waals surface area contributed by atoms with Gasteiger partial charge in [-0.25, -0.2) is 27.2 Å². The zero-order chi connectivity index (χ0) is 33.6. The molecule has 3 aromatic rings. The number of carbonyl (C=O) groups excluding carboxylic acids is 2. The smallest absolute Gasteiger partial charge is 0.419 e. The Kier molecular flexibility index (Phi) is 9.07. The summed E-state index contributed by atoms with van der Waals surface area (Å²) in [7, 11) is 2.80. The maximum Gasteiger partial charge on any atom is 0.419 e. The van der Waals surface area contributed by atoms with Crippen LogP contribution >= 0.6 is 0 Å². The lowest BCUT2D eigenvalue weighted by molar-refractivity contribution is -0.186. The van der Waals surface area contributed by atoms with Crippen LogP contribution in [0.4, 0.5) is 28.0 Å². The standard InChI is InChI=1S/C34H41F4N3O5/c1-20-13-27(44-5)24(22-9-11-41(29(20)22)31(43)46-32(2,3)4)17-40-12-10-33(18-34(37,38)19-33)15-26(40)23-8-7-21(30(42)45-6)14-25(23)39-16-28(35)36/h7-9,11,13-14,26,28,39H,10,12,15-19H2,1-6H3. The van der Waals surface area contributed by atoms with E-state index in [-0.39, 0.29) is 18.4 Å². The molecule has 1 unspecified atom stereocenters. The van der Waals surface area contributed by atoms with Gasteiger partial charge in [-0.2, -0.15) is 0 Å². The molecule has 2 aliphatic rings. The molecule has 12 heteroatoms. The van der Waals surface area contributed by atoms with Crippen LogP contribution in [0.2, 0.25) is 0 Å². The average Bonchev–Trinajstić information content (AvgIpc) is 3.42. The fourth-order valence-corrected chi connectivity index (χ4v) is 7.05. The first-order valence-electron chi connectivity index (χ1n) is 15.3. The summed E-state index contributed by atoms with van der Waals surface area (Å²) < 4.78 is 73.1. The fraction of sp³-hybridized carbons (Fsp3) is 0.529. The number of alkyl halides is 4. The summed E-state index contributed by atoms with van der Waals surface area (Å²) in [4.78, 5) is 27.6. The molecule has 1 N–H and O–H groups in total. The monoisotopic (exact) mass is 647 g/mol. The van der Waals surface area contributed by atoms with Crippen LogP contribution in [0.3, 0.4) is 0 Å². The number of rotatable bonds is 8. The van der Waals surface area contributed by atoms with E-state index in [0.717, 1.165) is 16.5 Å². The van der Waals surface area contributed by atoms with Gasteiger partial charge in [-0.05, 0) is 87.9 Å². The molecule has 1 aromatic heterocycles. The summed E-state index contributed by atoms with van der Waals surface area (Å²) in [5.41, 5.74) is 2.07. The third-order valence-electron chi connectivity index (χ3n) is 8.95. The van der Waals surface area contributed by atoms with Crippen molar-refractivity contribution in [2.75, 3.05) is 32.6 Å². The third kappa shape index (κ3) is 6.82. The predicted molar refractivity (Wildman–Crippen MR) is 166 cm³/mol. The van der Waals surface area contributed by atoms with Gasteiger partial charge in [0.25, 0.3) is 6.43 Å². The highest BCUT2D eigenvalue weighted by Crippen LogP contribution is 2.61. The first kappa shape index (κ1) is 33.6. The van der Waals surface area contributed by atoms with Crippen molar-refractivity contribution < 1.29 is 41.4 Å². The maximum atomic E-state index is 14.3. The zero-order valence-corrected chi connectivity index (χ0v) is 27.0. The number of esters is 1. The molecule has 0 amide bonds. The first-order chi connectivity index (χ1) is 21.5. The quantitative estimate of drug-likeness (QED) is 0.196. The summed E-state index contributed by atoms with van der Waals surface area (Å²) in [5.74, 6) is -2.77. The van der Waals surface area contributed by atoms with Gasteiger partial charge in [-0.1, -0.05) is 6.07 Å². The van der Waals surface area contributed by atoms with Crippen molar-refractivity contribution in [3.63, 3.8) is 0 Å². The maximum absolute atomic E-state index is 14.3. The van der Waals surface area contributed by atoms with Crippen molar-refractivity contribution in [1.82, 2.24) is 9.47 Å². The number of methoxy groups -OCH3 is 2. The molecule has 2 heterocycles. The van der Waals surface area contributed by atoms with Crippen molar-refractivity contribution in [2.45, 2.75) is 83.9 Å². The van der Waals surface area contributed by atoms with E-state index in [1.54, 1.807) is 46.2 Å². The van der Waals surface area contributed by atoms with E-state index in [4.69, 9.17) is 14.2 Å². The minimum atomic E-state index is -2.74. The number of fused-ring (bicyclic) bond motifs is 1. The van der Waals surface area contributed by atoms with Crippen molar-refractivity contribution in [1.29, 1.82) is 0 Å². The SMILES string of the molecule is COC(=O)c1ccc(C2CC3(CCN2Cc2c(OC)cc(C)c4c2ccn4C(=O)OC(C)(C)C)CC(F)(F)C3)c(NCC(F)F)c1. The molecule has 1 saturated heterocycles. The summed E-state index contributed by atoms with van der Waals surface area (Å²) in [5, 5.41) is 3.55. The second kappa shape index (κ2) is 12.4. The molecule has 8 nitrogen and oxygen atoms in total. The van der Waals surface area contributed by atoms with Gasteiger partial charge < -0.3 is 19.5 Å². The highest BCUT2D eigenvalue weighted by molar-refractivity contribution is 5.95. The van der Waals surface area contributed by atoms with Crippen LogP contribution in [0.25, 0.3) is 10.9 Å². The number of benzene rings is 2. The average molecular weight is 648 g/mol. The molecular weight excluding hydrogens is 606 g/mol. The van der Waals surface area contributed by atoms with Crippen molar-refractivity contribution in [3.8, 4) is 5.75 Å². The van der Waals surface area contributed by atoms with Crippen molar-refractivity contribution >= 4 is 28.7 Å². The Bertz CT molecular complexity index is 1620. The van der Waals surface area contributed by atoms with Crippen LogP contribution in [-0.4, -0.2) is 66.8 Å². The van der Waals surface area contributed by atoms with Crippen LogP contribution < -0.4 is 10.1 Å². The summed E-state index contributed by atoms with van der Waals surface area (Å²) in [6, 6.07) is 7.96. The molecule has 0 bridgehead atoms. The van der Waals surface area contributed by atoms with Gasteiger partial charge in [0.05, 0.1) is 31.8 Å². The molecule has 0 radical (unpaired) electrons. The number of likely N-dealkylation sites (tertiary alicyclic amines) is 1. The molecule has 1 spiro atoms. The van der Waals surface area contributed by atoms with Gasteiger partial charge in [0.1, 0.15) is 11.4 Å². The van der Waals surface area contributed by atoms with Gasteiger partial charge in [0.15, 0.2) is 0 Å². The van der Waals surface area contributed by atoms with E-state index in [1.165, 1.54) is 17.7 Å². The lowest BCUT2D eigenvalue weighted by Crippen LogP contribution is -2.53. The molecule has 1 saturated carbocycles. The Hall–Kier alpha value is -3.80. The largest absolute Gasteiger partial charge is 0.496 e. The number of piperidine rings is 1. The highest BCUT2D eigenvalue weighted by Gasteiger charge is 2.58. The number of aryl methyl sites for hydroxylation is 1. The first-order valence-corrected chi connectivity index (χ1v) is 15.3. The molecule has 2 fully saturated rings. The molecule has 250 valence electrons. The van der Waals surface area contributed by atoms with Gasteiger partial charge in [-0.15, -0.1) is 0 Å². The van der Waals surface area contributed by atoms with Crippen LogP contribution in [-0.2, 0) is 16.0 Å². The minimum Gasteiger partial charge on any atom is -0.496 e. The second-order valence-corrected chi connectivity index (χ2v) is 13.5. The van der Waals surface area contributed by atoms with Crippen LogP contribution in [0.15, 0.2) is 36.5 Å². The number of carbonyl (C=O) groups is 2. The Balaban J connectivity index is 1.59. The number of aromatic nitrogens is 1. The fourth-order valence-electron chi connectivity index (χ4n) is 7.05. The Labute approximate surface area is 266 Å². The van der Waals surface area contributed by atoms with E-state index in [9.17, 15) is 27.2 Å². The predicted octanol–water partition coefficient (Wildman–Crippen LogP) is 7.96. The lowest BCUT2D eigenvalue weighted by atomic mass is 9.58. The number of ether oxygens (including phenoxy) is 3. The van der Waals surface area contributed by atoms with E-state index < -0.39 is 48.0 Å². The van der Waals surface area contributed by atoms with Crippen molar-refractivity contribution in [2.24, 2.45) is 5.41 Å². The molecule has 1 atom stereocenters. The number of nitrogens with one attached hydrogen (secondary N) is 1. The van der Waals surface area contributed by atoms with E-state index in [0.29, 0.717) is 48.4 Å². The number of hydrogen-bond donors (Lipinski definition) is 1. The van der Waals surface area contributed by atoms with Crippen molar-refractivity contribution in [3.05, 3.63) is 58.8 Å². The van der Waals surface area contributed by atoms with E-state index in [2.05, 4.69) is 10.2 Å². The number of hydrogen-bond acceptors (Lipinski definition) is 7. The highest BCUT2D eigenvalue weighted by atomic mass is 19.3. The summed E-state index contributed by atoms with van der Waals surface area (Å²) >= 11 is 0. The molecule has 5 rings (SSSR count). The Morgan fingerprint density at radius 3 is 2.43 bits per heavy atom. The second-order valence-electron chi connectivity index (χ2n) is 13.5. The van der Waals surface area contributed by atoms with Crippen LogP contribution in [0.5, 0.6) is 5.75 Å². The topological polar surface area (TPSA) is 82.0 Å². The van der Waals surface area contributed by atoms with E-state index >= 15 is 0 Å². The summed E-state index contributed by atoms with van der Waals surface area (Å²) in [6.07, 6.45) is -1.08. The lowest BCUT2D eigenvalue weighted by Gasteiger charge is -2.55. The number of anilines is 1. The molecule has 2 aromatic carbocycles. The van der Waals surface area contributed by atoms with Gasteiger partial charge in [0, 0.05) is 48.3 Å². The van der Waals surface area contributed by atoms with Gasteiger partial charge >= 0.3 is 12.1 Å². The minimum absolute atomic E-state index is 0.181. The molecule has 46 heavy (non-hydrogen) atoms. The molecular formula is C34H41F4N3O5. The summed E-state index contributed by atoms with van der Waals surface area (Å²) in [6.45, 7) is 7.38. The Morgan fingerprint density at radius 1 is 1.11 bits per heavy atom. The van der Waals surface area contributed by atoms with Crippen LogP contribution in [0, 0.1) is 12.3 Å². The third-order valence-corrected chi connectivity index (χ3v) is 8.95. The molecule has 1 aliphatic carbocycles. The van der Waals surface area contributed by atoms with E-state index in [1.807, 2.05) is 19.1 Å².